The van der Waals surface area contributed by atoms with Gasteiger partial charge in [0.2, 0.25) is 11.8 Å². The van der Waals surface area contributed by atoms with Gasteiger partial charge in [0.1, 0.15) is 19.3 Å². The van der Waals surface area contributed by atoms with Crippen LogP contribution in [-0.2, 0) is 11.3 Å². The zero-order valence-corrected chi connectivity index (χ0v) is 18.5. The number of aromatic nitrogens is 2. The van der Waals surface area contributed by atoms with Crippen molar-refractivity contribution in [1.82, 2.24) is 14.9 Å². The fourth-order valence-electron chi connectivity index (χ4n) is 3.49. The Bertz CT molecular complexity index is 1070. The second-order valence-corrected chi connectivity index (χ2v) is 7.98. The minimum atomic E-state index is -1.02. The average molecular weight is 453 g/mol. The lowest BCUT2D eigenvalue weighted by Crippen LogP contribution is -2.49. The number of hydrogen-bond acceptors (Lipinski definition) is 8. The summed E-state index contributed by atoms with van der Waals surface area (Å²) in [4.78, 5) is 25.3. The molecule has 2 heterocycles. The third-order valence-electron chi connectivity index (χ3n) is 5.53. The highest BCUT2D eigenvalue weighted by Crippen LogP contribution is 2.26. The molecular weight excluding hydrogens is 424 g/mol. The molecule has 0 radical (unpaired) electrons. The number of aliphatic hydroxyl groups excluding tert-OH is 2. The average Bonchev–Trinajstić information content (AvgIpc) is 2.86. The number of amides is 1. The Hall–Kier alpha value is -3.43. The van der Waals surface area contributed by atoms with E-state index in [1.807, 2.05) is 59.5 Å². The van der Waals surface area contributed by atoms with Gasteiger partial charge in [0.15, 0.2) is 0 Å². The normalized spacial score (nSPS) is 15.8. The Labute approximate surface area is 192 Å². The molecule has 1 amide bonds. The number of carbonyl (C=O) groups is 1. The van der Waals surface area contributed by atoms with Crippen molar-refractivity contribution in [3.63, 3.8) is 0 Å². The highest BCUT2D eigenvalue weighted by Gasteiger charge is 2.25. The van der Waals surface area contributed by atoms with Crippen LogP contribution in [0.5, 0.6) is 5.88 Å². The summed E-state index contributed by atoms with van der Waals surface area (Å²) in [5, 5.41) is 20.2. The van der Waals surface area contributed by atoms with Crippen molar-refractivity contribution in [2.24, 2.45) is 0 Å². The molecule has 4 rings (SSSR count). The molecule has 2 aromatic carbocycles. The summed E-state index contributed by atoms with van der Waals surface area (Å²) < 4.78 is 11.2. The number of nitrogens with zero attached hydrogens (tertiary/aromatic N) is 4. The number of anilines is 1. The summed E-state index contributed by atoms with van der Waals surface area (Å²) in [7, 11) is 0. The topological polar surface area (TPSA) is 108 Å². The van der Waals surface area contributed by atoms with Gasteiger partial charge >= 0.3 is 6.09 Å². The van der Waals surface area contributed by atoms with Gasteiger partial charge in [-0.3, -0.25) is 0 Å². The first-order chi connectivity index (χ1) is 16.0. The summed E-state index contributed by atoms with van der Waals surface area (Å²) in [5.41, 5.74) is 1.66. The highest BCUT2D eigenvalue weighted by molar-refractivity contribution is 5.84. The van der Waals surface area contributed by atoms with Crippen LogP contribution in [0.4, 0.5) is 10.7 Å². The van der Waals surface area contributed by atoms with E-state index in [1.54, 1.807) is 4.90 Å². The van der Waals surface area contributed by atoms with E-state index in [9.17, 15) is 15.0 Å². The largest absolute Gasteiger partial charge is 0.474 e. The second kappa shape index (κ2) is 10.5. The molecule has 0 spiro atoms. The summed E-state index contributed by atoms with van der Waals surface area (Å²) in [6.45, 7) is 3.73. The van der Waals surface area contributed by atoms with E-state index in [-0.39, 0.29) is 19.3 Å². The smallest absolute Gasteiger partial charge is 0.410 e. The predicted molar refractivity (Wildman–Crippen MR) is 123 cm³/mol. The molecule has 1 aliphatic heterocycles. The van der Waals surface area contributed by atoms with Crippen molar-refractivity contribution in [2.75, 3.05) is 37.7 Å². The number of fused-ring (bicyclic) bond motifs is 1. The Morgan fingerprint density at radius 2 is 1.70 bits per heavy atom. The van der Waals surface area contributed by atoms with E-state index in [1.165, 1.54) is 6.92 Å². The van der Waals surface area contributed by atoms with Crippen molar-refractivity contribution in [3.8, 4) is 5.88 Å². The second-order valence-electron chi connectivity index (χ2n) is 7.98. The maximum Gasteiger partial charge on any atom is 0.410 e. The van der Waals surface area contributed by atoms with Gasteiger partial charge in [-0.1, -0.05) is 42.5 Å². The fraction of sp³-hybridized carbons (Fsp3) is 0.375. The van der Waals surface area contributed by atoms with Gasteiger partial charge in [-0.05, 0) is 24.6 Å². The van der Waals surface area contributed by atoms with Crippen LogP contribution in [0, 0.1) is 0 Å². The summed E-state index contributed by atoms with van der Waals surface area (Å²) in [6, 6.07) is 17.1. The lowest BCUT2D eigenvalue weighted by atomic mass is 10.2. The highest BCUT2D eigenvalue weighted by atomic mass is 16.6. The minimum Gasteiger partial charge on any atom is -0.474 e. The molecule has 1 fully saturated rings. The van der Waals surface area contributed by atoms with Gasteiger partial charge in [0, 0.05) is 26.2 Å². The predicted octanol–water partition coefficient (Wildman–Crippen LogP) is 2.21. The van der Waals surface area contributed by atoms with Crippen molar-refractivity contribution >= 4 is 22.9 Å². The number of aliphatic hydroxyl groups is 2. The van der Waals surface area contributed by atoms with Gasteiger partial charge in [-0.25, -0.2) is 9.78 Å². The van der Waals surface area contributed by atoms with Crippen LogP contribution in [-0.4, -0.2) is 76.2 Å². The molecule has 1 aromatic heterocycles. The van der Waals surface area contributed by atoms with Crippen molar-refractivity contribution in [2.45, 2.75) is 25.7 Å². The number of piperazine rings is 1. The lowest BCUT2D eigenvalue weighted by molar-refractivity contribution is 0.00167. The van der Waals surface area contributed by atoms with Gasteiger partial charge in [0.25, 0.3) is 0 Å². The lowest BCUT2D eigenvalue weighted by Gasteiger charge is -2.34. The van der Waals surface area contributed by atoms with E-state index in [0.717, 1.165) is 10.9 Å². The number of carbonyl (C=O) groups excluding carboxylic acids is 1. The molecule has 1 saturated heterocycles. The first-order valence-corrected chi connectivity index (χ1v) is 11.0. The SMILES string of the molecule is CC(O)C(O)COc1nc(N2CCN(C(=O)OCc3ccccc3)CC2)nc2ccccc12. The summed E-state index contributed by atoms with van der Waals surface area (Å²) in [6.07, 6.45) is -2.27. The molecule has 33 heavy (non-hydrogen) atoms. The Morgan fingerprint density at radius 1 is 1.00 bits per heavy atom. The zero-order valence-electron chi connectivity index (χ0n) is 18.5. The molecule has 9 nitrogen and oxygen atoms in total. The van der Waals surface area contributed by atoms with Crippen molar-refractivity contribution in [1.29, 1.82) is 0 Å². The quantitative estimate of drug-likeness (QED) is 0.562. The molecule has 0 bridgehead atoms. The molecular formula is C24H28N4O5. The van der Waals surface area contributed by atoms with Crippen LogP contribution in [0.3, 0.4) is 0 Å². The number of benzene rings is 2. The maximum absolute atomic E-state index is 12.4. The minimum absolute atomic E-state index is 0.0842. The van der Waals surface area contributed by atoms with Crippen LogP contribution in [0.1, 0.15) is 12.5 Å². The Kier molecular flexibility index (Phi) is 7.21. The Morgan fingerprint density at radius 3 is 2.42 bits per heavy atom. The van der Waals surface area contributed by atoms with Gasteiger partial charge in [0.05, 0.1) is 17.0 Å². The molecule has 2 N–H and O–H groups in total. The summed E-state index contributed by atoms with van der Waals surface area (Å²) in [5.74, 6) is 0.840. The van der Waals surface area contributed by atoms with E-state index < -0.39 is 12.2 Å². The van der Waals surface area contributed by atoms with Crippen LogP contribution in [0.15, 0.2) is 54.6 Å². The third-order valence-corrected chi connectivity index (χ3v) is 5.53. The van der Waals surface area contributed by atoms with E-state index in [4.69, 9.17) is 9.47 Å². The number of ether oxygens (including phenoxy) is 2. The van der Waals surface area contributed by atoms with Gasteiger partial charge in [-0.2, -0.15) is 4.98 Å². The van der Waals surface area contributed by atoms with Crippen molar-refractivity contribution in [3.05, 3.63) is 60.2 Å². The van der Waals surface area contributed by atoms with Crippen LogP contribution >= 0.6 is 0 Å². The monoisotopic (exact) mass is 452 g/mol. The fourth-order valence-corrected chi connectivity index (χ4v) is 3.49. The molecule has 2 atom stereocenters. The molecule has 0 aliphatic carbocycles. The van der Waals surface area contributed by atoms with E-state index in [2.05, 4.69) is 9.97 Å². The van der Waals surface area contributed by atoms with E-state index in [0.29, 0.717) is 43.5 Å². The zero-order chi connectivity index (χ0) is 23.2. The van der Waals surface area contributed by atoms with Crippen LogP contribution < -0.4 is 9.64 Å². The number of rotatable bonds is 7. The third kappa shape index (κ3) is 5.68. The van der Waals surface area contributed by atoms with Crippen molar-refractivity contribution < 1.29 is 24.5 Å². The Balaban J connectivity index is 1.40. The van der Waals surface area contributed by atoms with Gasteiger partial charge in [-0.15, -0.1) is 0 Å². The van der Waals surface area contributed by atoms with Crippen LogP contribution in [0.2, 0.25) is 0 Å². The van der Waals surface area contributed by atoms with E-state index >= 15 is 0 Å². The summed E-state index contributed by atoms with van der Waals surface area (Å²) >= 11 is 0. The number of hydrogen-bond donors (Lipinski definition) is 2. The standard InChI is InChI=1S/C24H28N4O5/c1-17(29)21(30)16-32-22-19-9-5-6-10-20(19)25-23(26-22)27-11-13-28(14-12-27)24(31)33-15-18-7-3-2-4-8-18/h2-10,17,21,29-30H,11-16H2,1H3. The van der Waals surface area contributed by atoms with Gasteiger partial charge < -0.3 is 29.5 Å². The molecule has 1 aliphatic rings. The molecule has 174 valence electrons. The molecule has 3 aromatic rings. The molecule has 9 heteroatoms. The molecule has 2 unspecified atom stereocenters. The number of para-hydroxylation sites is 1. The van der Waals surface area contributed by atoms with Crippen LogP contribution in [0.25, 0.3) is 10.9 Å². The molecule has 0 saturated carbocycles. The first-order valence-electron chi connectivity index (χ1n) is 11.0. The maximum atomic E-state index is 12.4. The first kappa shape index (κ1) is 22.8.